The van der Waals surface area contributed by atoms with Gasteiger partial charge in [-0.25, -0.2) is 14.2 Å². The van der Waals surface area contributed by atoms with Crippen LogP contribution in [-0.2, 0) is 4.74 Å². The number of carbonyl (C=O) groups excluding carboxylic acids is 2. The normalized spacial score (nSPS) is 19.7. The Bertz CT molecular complexity index is 1040. The Hall–Kier alpha value is -3.23. The van der Waals surface area contributed by atoms with Gasteiger partial charge in [0.15, 0.2) is 0 Å². The molecule has 0 bridgehead atoms. The van der Waals surface area contributed by atoms with E-state index in [0.717, 1.165) is 25.7 Å². The number of halogens is 1. The summed E-state index contributed by atoms with van der Waals surface area (Å²) in [6, 6.07) is 5.97. The van der Waals surface area contributed by atoms with Crippen molar-refractivity contribution in [1.29, 1.82) is 0 Å². The zero-order valence-electron chi connectivity index (χ0n) is 19.9. The second kappa shape index (κ2) is 10.4. The van der Waals surface area contributed by atoms with E-state index in [1.807, 2.05) is 20.8 Å². The smallest absolute Gasteiger partial charge is 0.415 e. The Morgan fingerprint density at radius 3 is 2.65 bits per heavy atom. The molecule has 1 aliphatic carbocycles. The Balaban J connectivity index is 1.44. The highest BCUT2D eigenvalue weighted by atomic mass is 19.1. The Kier molecular flexibility index (Phi) is 7.29. The number of benzene rings is 1. The van der Waals surface area contributed by atoms with Gasteiger partial charge in [-0.05, 0) is 49.4 Å². The molecule has 1 aromatic carbocycles. The van der Waals surface area contributed by atoms with Crippen molar-refractivity contribution in [2.45, 2.75) is 71.0 Å². The monoisotopic (exact) mass is 469 g/mol. The van der Waals surface area contributed by atoms with Crippen molar-refractivity contribution in [3.63, 3.8) is 0 Å². The van der Waals surface area contributed by atoms with E-state index in [-0.39, 0.29) is 35.5 Å². The Morgan fingerprint density at radius 2 is 1.94 bits per heavy atom. The molecule has 4 rings (SSSR count). The lowest BCUT2D eigenvalue weighted by molar-refractivity contribution is 0.0923. The quantitative estimate of drug-likeness (QED) is 0.603. The topological polar surface area (TPSA) is 96.5 Å². The van der Waals surface area contributed by atoms with Gasteiger partial charge in [0, 0.05) is 12.2 Å². The number of hydrogen-bond acceptors (Lipinski definition) is 6. The third-order valence-electron chi connectivity index (χ3n) is 6.59. The molecule has 2 heterocycles. The van der Waals surface area contributed by atoms with Gasteiger partial charge in [-0.15, -0.1) is 0 Å². The molecule has 182 valence electrons. The number of amides is 2. The van der Waals surface area contributed by atoms with Gasteiger partial charge in [-0.1, -0.05) is 39.2 Å². The van der Waals surface area contributed by atoms with Crippen LogP contribution in [0.25, 0.3) is 0 Å². The van der Waals surface area contributed by atoms with Crippen molar-refractivity contribution in [2.75, 3.05) is 16.8 Å². The number of rotatable bonds is 7. The van der Waals surface area contributed by atoms with Crippen LogP contribution in [0.2, 0.25) is 0 Å². The molecule has 2 amide bonds. The first-order valence-corrected chi connectivity index (χ1v) is 12.0. The standard InChI is InChI=1S/C25H32FN5O3/c1-15(2)21-14-34-25(33)31(21)22-11-12-27-24(30-22)28-16(3)17-9-10-19(20(26)13-17)23(32)29-18-7-5-4-6-8-18/h9-13,15-16,18,21H,4-8,14H2,1-3H3,(H,29,32)(H,27,28,30)/t16-,21+/m0/s1. The second-order valence-electron chi connectivity index (χ2n) is 9.41. The van der Waals surface area contributed by atoms with Crippen molar-refractivity contribution >= 4 is 23.8 Å². The molecule has 2 aliphatic rings. The molecule has 0 spiro atoms. The lowest BCUT2D eigenvalue weighted by Crippen LogP contribution is -2.37. The molecule has 0 unspecified atom stereocenters. The number of anilines is 2. The first-order valence-electron chi connectivity index (χ1n) is 12.0. The van der Waals surface area contributed by atoms with Crippen LogP contribution in [0, 0.1) is 11.7 Å². The van der Waals surface area contributed by atoms with E-state index in [1.165, 1.54) is 18.6 Å². The number of aromatic nitrogens is 2. The number of nitrogens with zero attached hydrogens (tertiary/aromatic N) is 3. The summed E-state index contributed by atoms with van der Waals surface area (Å²) in [5, 5.41) is 6.11. The van der Waals surface area contributed by atoms with E-state index in [2.05, 4.69) is 20.6 Å². The molecule has 8 nitrogen and oxygen atoms in total. The first-order chi connectivity index (χ1) is 16.3. The lowest BCUT2D eigenvalue weighted by Gasteiger charge is -2.24. The summed E-state index contributed by atoms with van der Waals surface area (Å²) >= 11 is 0. The van der Waals surface area contributed by atoms with Gasteiger partial charge < -0.3 is 15.4 Å². The highest BCUT2D eigenvalue weighted by molar-refractivity contribution is 5.94. The van der Waals surface area contributed by atoms with Crippen molar-refractivity contribution in [2.24, 2.45) is 5.92 Å². The molecule has 0 radical (unpaired) electrons. The zero-order valence-corrected chi connectivity index (χ0v) is 19.9. The van der Waals surface area contributed by atoms with E-state index in [0.29, 0.717) is 23.9 Å². The van der Waals surface area contributed by atoms with Gasteiger partial charge in [0.2, 0.25) is 5.95 Å². The van der Waals surface area contributed by atoms with Crippen molar-refractivity contribution in [3.05, 3.63) is 47.4 Å². The average molecular weight is 470 g/mol. The summed E-state index contributed by atoms with van der Waals surface area (Å²) < 4.78 is 20.0. The highest BCUT2D eigenvalue weighted by Crippen LogP contribution is 2.27. The fraction of sp³-hybridized carbons (Fsp3) is 0.520. The number of hydrogen-bond donors (Lipinski definition) is 2. The molecule has 1 aliphatic heterocycles. The first kappa shape index (κ1) is 23.9. The highest BCUT2D eigenvalue weighted by Gasteiger charge is 2.37. The maximum absolute atomic E-state index is 14.8. The minimum atomic E-state index is -0.561. The number of carbonyl (C=O) groups is 2. The maximum Gasteiger partial charge on any atom is 0.415 e. The fourth-order valence-electron chi connectivity index (χ4n) is 4.51. The van der Waals surface area contributed by atoms with Crippen LogP contribution >= 0.6 is 0 Å². The Morgan fingerprint density at radius 1 is 1.18 bits per heavy atom. The fourth-order valence-corrected chi connectivity index (χ4v) is 4.51. The molecule has 34 heavy (non-hydrogen) atoms. The zero-order chi connectivity index (χ0) is 24.2. The van der Waals surface area contributed by atoms with Gasteiger partial charge >= 0.3 is 6.09 Å². The molecule has 1 saturated carbocycles. The van der Waals surface area contributed by atoms with Crippen LogP contribution in [0.15, 0.2) is 30.5 Å². The third-order valence-corrected chi connectivity index (χ3v) is 6.59. The van der Waals surface area contributed by atoms with Crippen LogP contribution in [0.4, 0.5) is 21.0 Å². The van der Waals surface area contributed by atoms with E-state index >= 15 is 0 Å². The van der Waals surface area contributed by atoms with Crippen LogP contribution in [0.3, 0.4) is 0 Å². The molecule has 1 aromatic heterocycles. The van der Waals surface area contributed by atoms with E-state index in [9.17, 15) is 14.0 Å². The summed E-state index contributed by atoms with van der Waals surface area (Å²) in [4.78, 5) is 35.1. The molecule has 2 N–H and O–H groups in total. The SMILES string of the molecule is CC(C)[C@H]1COC(=O)N1c1ccnc(N[C@@H](C)c2ccc(C(=O)NC3CCCCC3)c(F)c2)n1. The van der Waals surface area contributed by atoms with Crippen molar-refractivity contribution < 1.29 is 18.7 Å². The minimum Gasteiger partial charge on any atom is -0.447 e. The van der Waals surface area contributed by atoms with Crippen LogP contribution in [0.1, 0.15) is 74.8 Å². The summed E-state index contributed by atoms with van der Waals surface area (Å²) in [7, 11) is 0. The maximum atomic E-state index is 14.8. The van der Waals surface area contributed by atoms with E-state index in [1.54, 1.807) is 23.2 Å². The van der Waals surface area contributed by atoms with E-state index in [4.69, 9.17) is 4.74 Å². The minimum absolute atomic E-state index is 0.0482. The third kappa shape index (κ3) is 5.29. The summed E-state index contributed by atoms with van der Waals surface area (Å²) in [6.07, 6.45) is 6.40. The molecular weight excluding hydrogens is 437 g/mol. The Labute approximate surface area is 199 Å². The number of nitrogens with one attached hydrogen (secondary N) is 2. The molecule has 1 saturated heterocycles. The lowest BCUT2D eigenvalue weighted by atomic mass is 9.95. The molecule has 9 heteroatoms. The van der Waals surface area contributed by atoms with Crippen molar-refractivity contribution in [1.82, 2.24) is 15.3 Å². The summed E-state index contributed by atoms with van der Waals surface area (Å²) in [5.41, 5.74) is 0.702. The van der Waals surface area contributed by atoms with Crippen LogP contribution in [-0.4, -0.2) is 40.7 Å². The summed E-state index contributed by atoms with van der Waals surface area (Å²) in [5.74, 6) is 0.0330. The largest absolute Gasteiger partial charge is 0.447 e. The number of cyclic esters (lactones) is 1. The van der Waals surface area contributed by atoms with Gasteiger partial charge in [0.25, 0.3) is 5.91 Å². The van der Waals surface area contributed by atoms with Gasteiger partial charge in [-0.2, -0.15) is 4.98 Å². The van der Waals surface area contributed by atoms with Gasteiger partial charge in [-0.3, -0.25) is 9.69 Å². The van der Waals surface area contributed by atoms with Crippen LogP contribution in [0.5, 0.6) is 0 Å². The van der Waals surface area contributed by atoms with E-state index < -0.39 is 11.9 Å². The average Bonchev–Trinajstić information content (AvgIpc) is 3.21. The van der Waals surface area contributed by atoms with Crippen molar-refractivity contribution in [3.8, 4) is 0 Å². The predicted molar refractivity (Wildman–Crippen MR) is 127 cm³/mol. The van der Waals surface area contributed by atoms with Crippen LogP contribution < -0.4 is 15.5 Å². The second-order valence-corrected chi connectivity index (χ2v) is 9.41. The molecule has 2 atom stereocenters. The van der Waals surface area contributed by atoms with Gasteiger partial charge in [0.1, 0.15) is 18.2 Å². The van der Waals surface area contributed by atoms with Gasteiger partial charge in [0.05, 0.1) is 17.6 Å². The molecule has 2 fully saturated rings. The number of ether oxygens (including phenoxy) is 1. The molecular formula is C25H32FN5O3. The predicted octanol–water partition coefficient (Wildman–Crippen LogP) is 4.83. The summed E-state index contributed by atoms with van der Waals surface area (Å²) in [6.45, 7) is 6.22. The molecule has 2 aromatic rings.